The molecule has 1 N–H and O–H groups in total. The van der Waals surface area contributed by atoms with Gasteiger partial charge in [0.15, 0.2) is 0 Å². The normalized spacial score (nSPS) is 16.1. The van der Waals surface area contributed by atoms with Crippen LogP contribution in [0.1, 0.15) is 28.8 Å². The zero-order valence-electron chi connectivity index (χ0n) is 19.2. The molecule has 3 aromatic heterocycles. The van der Waals surface area contributed by atoms with Gasteiger partial charge in [-0.25, -0.2) is 4.98 Å². The van der Waals surface area contributed by atoms with E-state index in [0.29, 0.717) is 30.3 Å². The minimum absolute atomic E-state index is 0.0157. The topological polar surface area (TPSA) is 67.2 Å². The van der Waals surface area contributed by atoms with Gasteiger partial charge in [0.2, 0.25) is 11.9 Å². The van der Waals surface area contributed by atoms with Crippen LogP contribution in [-0.2, 0) is 17.8 Å². The summed E-state index contributed by atoms with van der Waals surface area (Å²) in [6, 6.07) is 14.3. The predicted molar refractivity (Wildman–Crippen MR) is 140 cm³/mol. The Morgan fingerprint density at radius 2 is 2.00 bits per heavy atom. The molecule has 0 saturated carbocycles. The fourth-order valence-electron chi connectivity index (χ4n) is 4.47. The van der Waals surface area contributed by atoms with Gasteiger partial charge in [-0.15, -0.1) is 22.7 Å². The maximum absolute atomic E-state index is 13.4. The predicted octanol–water partition coefficient (Wildman–Crippen LogP) is 4.45. The Hall–Kier alpha value is -2.97. The third-order valence-corrected chi connectivity index (χ3v) is 8.16. The minimum atomic E-state index is -0.111. The number of aryl methyl sites for hydroxylation is 1. The number of anilines is 1. The molecule has 0 bridgehead atoms. The van der Waals surface area contributed by atoms with Gasteiger partial charge in [-0.05, 0) is 54.6 Å². The van der Waals surface area contributed by atoms with Gasteiger partial charge >= 0.3 is 0 Å². The van der Waals surface area contributed by atoms with E-state index in [1.165, 1.54) is 21.8 Å². The lowest BCUT2D eigenvalue weighted by Crippen LogP contribution is -2.45. The van der Waals surface area contributed by atoms with E-state index in [0.717, 1.165) is 36.9 Å². The van der Waals surface area contributed by atoms with Gasteiger partial charge in [0.05, 0.1) is 18.0 Å². The summed E-state index contributed by atoms with van der Waals surface area (Å²) in [5.74, 6) is 0.637. The lowest BCUT2D eigenvalue weighted by atomic mass is 9.97. The third-order valence-electron chi connectivity index (χ3n) is 6.33. The Morgan fingerprint density at radius 1 is 1.15 bits per heavy atom. The summed E-state index contributed by atoms with van der Waals surface area (Å²) in [7, 11) is 0. The molecular formula is C26H28N4O2S2. The highest BCUT2D eigenvalue weighted by molar-refractivity contribution is 7.17. The Balaban J connectivity index is 1.37. The summed E-state index contributed by atoms with van der Waals surface area (Å²) in [4.78, 5) is 34.6. The van der Waals surface area contributed by atoms with Crippen molar-refractivity contribution in [3.63, 3.8) is 0 Å². The SMILES string of the molecule is Cc1ccc(Cn2c(N3CCC[C@H](C(=O)NCCc4cccs4)C3)nc3ccsc3c2=O)cc1. The molecule has 1 saturated heterocycles. The first-order valence-corrected chi connectivity index (χ1v) is 13.4. The van der Waals surface area contributed by atoms with E-state index in [1.807, 2.05) is 17.5 Å². The van der Waals surface area contributed by atoms with Crippen LogP contribution in [0, 0.1) is 12.8 Å². The van der Waals surface area contributed by atoms with Gasteiger partial charge in [0.1, 0.15) is 4.70 Å². The number of carbonyl (C=O) groups is 1. The molecule has 1 fully saturated rings. The molecule has 1 aliphatic heterocycles. The first-order chi connectivity index (χ1) is 16.6. The summed E-state index contributed by atoms with van der Waals surface area (Å²) in [5, 5.41) is 7.09. The first-order valence-electron chi connectivity index (χ1n) is 11.7. The standard InChI is InChI=1S/C26H28N4O2S2/c1-18-6-8-19(9-7-18)16-30-25(32)23-22(11-15-34-23)28-26(30)29-13-2-4-20(17-29)24(31)27-12-10-21-5-3-14-33-21/h3,5-9,11,14-15,20H,2,4,10,12-13,16-17H2,1H3,(H,27,31)/t20-/m0/s1. The molecule has 4 heterocycles. The number of fused-ring (bicyclic) bond motifs is 1. The average molecular weight is 493 g/mol. The highest BCUT2D eigenvalue weighted by Crippen LogP contribution is 2.25. The summed E-state index contributed by atoms with van der Waals surface area (Å²) in [6.07, 6.45) is 2.60. The molecule has 1 amide bonds. The van der Waals surface area contributed by atoms with Crippen LogP contribution in [0.25, 0.3) is 10.2 Å². The minimum Gasteiger partial charge on any atom is -0.355 e. The maximum Gasteiger partial charge on any atom is 0.273 e. The number of nitrogens with one attached hydrogen (secondary N) is 1. The molecule has 1 atom stereocenters. The number of hydrogen-bond acceptors (Lipinski definition) is 6. The molecule has 176 valence electrons. The lowest BCUT2D eigenvalue weighted by molar-refractivity contribution is -0.125. The second-order valence-electron chi connectivity index (χ2n) is 8.83. The van der Waals surface area contributed by atoms with Gasteiger partial charge in [0.25, 0.3) is 5.56 Å². The second-order valence-corrected chi connectivity index (χ2v) is 10.8. The van der Waals surface area contributed by atoms with Crippen LogP contribution in [0.15, 0.2) is 58.0 Å². The Labute approximate surface area is 206 Å². The van der Waals surface area contributed by atoms with Crippen molar-refractivity contribution in [2.24, 2.45) is 5.92 Å². The van der Waals surface area contributed by atoms with Crippen LogP contribution in [-0.4, -0.2) is 35.1 Å². The molecule has 1 aromatic carbocycles. The summed E-state index contributed by atoms with van der Waals surface area (Å²) < 4.78 is 2.45. The first kappa shape index (κ1) is 22.8. The van der Waals surface area contributed by atoms with Crippen molar-refractivity contribution in [2.45, 2.75) is 32.7 Å². The van der Waals surface area contributed by atoms with Crippen molar-refractivity contribution in [1.82, 2.24) is 14.9 Å². The molecule has 0 unspecified atom stereocenters. The van der Waals surface area contributed by atoms with Crippen molar-refractivity contribution < 1.29 is 4.79 Å². The van der Waals surface area contributed by atoms with Crippen molar-refractivity contribution in [3.05, 3.63) is 79.6 Å². The Kier molecular flexibility index (Phi) is 6.78. The molecule has 0 spiro atoms. The number of thiophene rings is 2. The van der Waals surface area contributed by atoms with Gasteiger partial charge in [-0.3, -0.25) is 14.2 Å². The number of aromatic nitrogens is 2. The molecule has 6 nitrogen and oxygen atoms in total. The van der Waals surface area contributed by atoms with E-state index in [-0.39, 0.29) is 17.4 Å². The zero-order chi connectivity index (χ0) is 23.5. The van der Waals surface area contributed by atoms with Gasteiger partial charge in [-0.2, -0.15) is 0 Å². The maximum atomic E-state index is 13.4. The number of amides is 1. The van der Waals surface area contributed by atoms with E-state index in [2.05, 4.69) is 52.9 Å². The molecule has 1 aliphatic rings. The molecule has 5 rings (SSSR count). The van der Waals surface area contributed by atoms with Crippen molar-refractivity contribution in [3.8, 4) is 0 Å². The van der Waals surface area contributed by atoms with Crippen LogP contribution >= 0.6 is 22.7 Å². The zero-order valence-corrected chi connectivity index (χ0v) is 20.8. The van der Waals surface area contributed by atoms with Crippen molar-refractivity contribution >= 4 is 44.7 Å². The Morgan fingerprint density at radius 3 is 2.79 bits per heavy atom. The highest BCUT2D eigenvalue weighted by atomic mass is 32.1. The van der Waals surface area contributed by atoms with Crippen LogP contribution in [0.4, 0.5) is 5.95 Å². The van der Waals surface area contributed by atoms with Crippen molar-refractivity contribution in [2.75, 3.05) is 24.5 Å². The number of hydrogen-bond donors (Lipinski definition) is 1. The number of nitrogens with zero attached hydrogens (tertiary/aromatic N) is 3. The van der Waals surface area contributed by atoms with Crippen LogP contribution in [0.3, 0.4) is 0 Å². The molecule has 0 aliphatic carbocycles. The van der Waals surface area contributed by atoms with Crippen LogP contribution in [0.2, 0.25) is 0 Å². The van der Waals surface area contributed by atoms with E-state index in [1.54, 1.807) is 15.9 Å². The van der Waals surface area contributed by atoms with Gasteiger partial charge in [-0.1, -0.05) is 35.9 Å². The Bertz CT molecular complexity index is 1330. The van der Waals surface area contributed by atoms with Gasteiger partial charge < -0.3 is 10.2 Å². The largest absolute Gasteiger partial charge is 0.355 e. The molecule has 34 heavy (non-hydrogen) atoms. The lowest BCUT2D eigenvalue weighted by Gasteiger charge is -2.34. The highest BCUT2D eigenvalue weighted by Gasteiger charge is 2.28. The number of carbonyl (C=O) groups excluding carboxylic acids is 1. The van der Waals surface area contributed by atoms with E-state index >= 15 is 0 Å². The number of piperidine rings is 1. The third kappa shape index (κ3) is 4.93. The van der Waals surface area contributed by atoms with E-state index < -0.39 is 0 Å². The van der Waals surface area contributed by atoms with E-state index in [9.17, 15) is 9.59 Å². The fourth-order valence-corrected chi connectivity index (χ4v) is 5.96. The summed E-state index contributed by atoms with van der Waals surface area (Å²) >= 11 is 3.15. The summed E-state index contributed by atoms with van der Waals surface area (Å²) in [6.45, 7) is 4.52. The fraction of sp³-hybridized carbons (Fsp3) is 0.346. The van der Waals surface area contributed by atoms with Gasteiger partial charge in [0, 0.05) is 24.5 Å². The van der Waals surface area contributed by atoms with Crippen LogP contribution in [0.5, 0.6) is 0 Å². The van der Waals surface area contributed by atoms with Crippen LogP contribution < -0.4 is 15.8 Å². The molecule has 4 aromatic rings. The second kappa shape index (κ2) is 10.1. The number of rotatable bonds is 7. The number of benzene rings is 1. The smallest absolute Gasteiger partial charge is 0.273 e. The van der Waals surface area contributed by atoms with Crippen molar-refractivity contribution in [1.29, 1.82) is 0 Å². The molecule has 0 radical (unpaired) electrons. The average Bonchev–Trinajstić information content (AvgIpc) is 3.54. The molecular weight excluding hydrogens is 464 g/mol. The monoisotopic (exact) mass is 492 g/mol. The quantitative estimate of drug-likeness (QED) is 0.414. The molecule has 8 heteroatoms. The summed E-state index contributed by atoms with van der Waals surface area (Å²) in [5.41, 5.74) is 2.96. The van der Waals surface area contributed by atoms with E-state index in [4.69, 9.17) is 4.98 Å².